The predicted octanol–water partition coefficient (Wildman–Crippen LogP) is 1.75. The average Bonchev–Trinajstić information content (AvgIpc) is 2.35. The first-order valence-electron chi connectivity index (χ1n) is 6.11. The molecule has 0 bridgehead atoms. The number of phenolic OH excluding ortho intramolecular Hbond substituents is 1. The number of Topliss-reactive ketones (excluding diaryl/α,β-unsaturated/α-hetero) is 1. The van der Waals surface area contributed by atoms with Crippen molar-refractivity contribution in [2.75, 3.05) is 13.1 Å². The summed E-state index contributed by atoms with van der Waals surface area (Å²) in [6.45, 7) is 4.50. The minimum Gasteiger partial charge on any atom is -0.508 e. The SMILES string of the molecule is Cc1c(O)cccc1C(=O)N1CCC(=O)C(C)C1. The summed E-state index contributed by atoms with van der Waals surface area (Å²) in [6.07, 6.45) is 0.421. The number of amides is 1. The van der Waals surface area contributed by atoms with Crippen LogP contribution in [0.1, 0.15) is 29.3 Å². The summed E-state index contributed by atoms with van der Waals surface area (Å²) in [5.74, 6) is 0.136. The lowest BCUT2D eigenvalue weighted by Gasteiger charge is -2.30. The summed E-state index contributed by atoms with van der Waals surface area (Å²) in [5.41, 5.74) is 1.10. The van der Waals surface area contributed by atoms with E-state index in [4.69, 9.17) is 0 Å². The zero-order valence-corrected chi connectivity index (χ0v) is 10.6. The molecule has 0 radical (unpaired) electrons. The van der Waals surface area contributed by atoms with Gasteiger partial charge in [-0.2, -0.15) is 0 Å². The summed E-state index contributed by atoms with van der Waals surface area (Å²) in [5, 5.41) is 9.62. The number of nitrogens with zero attached hydrogens (tertiary/aromatic N) is 1. The van der Waals surface area contributed by atoms with E-state index in [-0.39, 0.29) is 23.4 Å². The zero-order valence-electron chi connectivity index (χ0n) is 10.6. The first-order valence-corrected chi connectivity index (χ1v) is 6.11. The van der Waals surface area contributed by atoms with Crippen molar-refractivity contribution in [1.82, 2.24) is 4.90 Å². The summed E-state index contributed by atoms with van der Waals surface area (Å²) in [4.78, 5) is 25.5. The minimum atomic E-state index is -0.109. The molecule has 1 unspecified atom stereocenters. The van der Waals surface area contributed by atoms with Crippen LogP contribution in [-0.4, -0.2) is 34.8 Å². The molecule has 1 fully saturated rings. The van der Waals surface area contributed by atoms with Crippen molar-refractivity contribution in [3.05, 3.63) is 29.3 Å². The maximum absolute atomic E-state index is 12.3. The number of carbonyl (C=O) groups excluding carboxylic acids is 2. The number of aromatic hydroxyl groups is 1. The normalized spacial score (nSPS) is 20.0. The van der Waals surface area contributed by atoms with Gasteiger partial charge in [-0.25, -0.2) is 0 Å². The fourth-order valence-electron chi connectivity index (χ4n) is 2.23. The molecule has 96 valence electrons. The molecule has 1 aromatic rings. The van der Waals surface area contributed by atoms with Crippen molar-refractivity contribution < 1.29 is 14.7 Å². The third kappa shape index (κ3) is 2.23. The van der Waals surface area contributed by atoms with Crippen molar-refractivity contribution in [2.45, 2.75) is 20.3 Å². The molecule has 4 heteroatoms. The van der Waals surface area contributed by atoms with Gasteiger partial charge in [0.15, 0.2) is 0 Å². The van der Waals surface area contributed by atoms with Gasteiger partial charge in [0.25, 0.3) is 5.91 Å². The first-order chi connectivity index (χ1) is 8.50. The number of rotatable bonds is 1. The smallest absolute Gasteiger partial charge is 0.254 e. The van der Waals surface area contributed by atoms with Crippen LogP contribution in [0, 0.1) is 12.8 Å². The standard InChI is InChI=1S/C14H17NO3/c1-9-8-15(7-6-12(9)16)14(18)11-4-3-5-13(17)10(11)2/h3-5,9,17H,6-8H2,1-2H3. The van der Waals surface area contributed by atoms with Crippen LogP contribution in [0.25, 0.3) is 0 Å². The number of hydrogen-bond acceptors (Lipinski definition) is 3. The molecule has 0 spiro atoms. The fraction of sp³-hybridized carbons (Fsp3) is 0.429. The van der Waals surface area contributed by atoms with E-state index in [1.807, 2.05) is 6.92 Å². The van der Waals surface area contributed by atoms with Crippen LogP contribution in [-0.2, 0) is 4.79 Å². The highest BCUT2D eigenvalue weighted by molar-refractivity contribution is 5.97. The molecule has 1 aliphatic rings. The lowest BCUT2D eigenvalue weighted by Crippen LogP contribution is -2.43. The fourth-order valence-corrected chi connectivity index (χ4v) is 2.23. The van der Waals surface area contributed by atoms with Crippen molar-refractivity contribution >= 4 is 11.7 Å². The van der Waals surface area contributed by atoms with E-state index >= 15 is 0 Å². The van der Waals surface area contributed by atoms with Gasteiger partial charge in [-0.3, -0.25) is 9.59 Å². The monoisotopic (exact) mass is 247 g/mol. The molecule has 0 saturated carbocycles. The van der Waals surface area contributed by atoms with Crippen LogP contribution in [0.2, 0.25) is 0 Å². The van der Waals surface area contributed by atoms with Crippen LogP contribution in [0.5, 0.6) is 5.75 Å². The Morgan fingerprint density at radius 3 is 2.83 bits per heavy atom. The molecule has 2 rings (SSSR count). The van der Waals surface area contributed by atoms with Gasteiger partial charge in [-0.05, 0) is 19.1 Å². The number of benzene rings is 1. The largest absolute Gasteiger partial charge is 0.508 e. The third-order valence-corrected chi connectivity index (χ3v) is 3.49. The molecular weight excluding hydrogens is 230 g/mol. The van der Waals surface area contributed by atoms with Gasteiger partial charge >= 0.3 is 0 Å². The van der Waals surface area contributed by atoms with E-state index in [2.05, 4.69) is 0 Å². The molecule has 1 saturated heterocycles. The van der Waals surface area contributed by atoms with E-state index in [1.165, 1.54) is 0 Å². The van der Waals surface area contributed by atoms with Gasteiger partial charge in [0.2, 0.25) is 0 Å². The number of hydrogen-bond donors (Lipinski definition) is 1. The maximum atomic E-state index is 12.3. The van der Waals surface area contributed by atoms with Crippen LogP contribution < -0.4 is 0 Å². The molecule has 1 aliphatic heterocycles. The maximum Gasteiger partial charge on any atom is 0.254 e. The second kappa shape index (κ2) is 4.80. The number of phenols is 1. The molecule has 18 heavy (non-hydrogen) atoms. The van der Waals surface area contributed by atoms with E-state index in [0.29, 0.717) is 30.6 Å². The van der Waals surface area contributed by atoms with Crippen LogP contribution in [0.15, 0.2) is 18.2 Å². The quantitative estimate of drug-likeness (QED) is 0.822. The molecule has 0 aromatic heterocycles. The van der Waals surface area contributed by atoms with Crippen LogP contribution in [0.4, 0.5) is 0 Å². The van der Waals surface area contributed by atoms with Crippen LogP contribution in [0.3, 0.4) is 0 Å². The molecule has 1 atom stereocenters. The Hall–Kier alpha value is -1.84. The minimum absolute atomic E-state index is 0.0969. The Balaban J connectivity index is 2.22. The molecule has 4 nitrogen and oxygen atoms in total. The average molecular weight is 247 g/mol. The van der Waals surface area contributed by atoms with Gasteiger partial charge in [0.05, 0.1) is 0 Å². The molecule has 1 N–H and O–H groups in total. The highest BCUT2D eigenvalue weighted by Crippen LogP contribution is 2.22. The van der Waals surface area contributed by atoms with Crippen molar-refractivity contribution in [1.29, 1.82) is 0 Å². The third-order valence-electron chi connectivity index (χ3n) is 3.49. The number of carbonyl (C=O) groups is 2. The number of ketones is 1. The Morgan fingerprint density at radius 2 is 2.17 bits per heavy atom. The highest BCUT2D eigenvalue weighted by Gasteiger charge is 2.28. The van der Waals surface area contributed by atoms with Gasteiger partial charge in [-0.15, -0.1) is 0 Å². The predicted molar refractivity (Wildman–Crippen MR) is 67.5 cm³/mol. The highest BCUT2D eigenvalue weighted by atomic mass is 16.3. The van der Waals surface area contributed by atoms with E-state index in [9.17, 15) is 14.7 Å². The number of piperidine rings is 1. The lowest BCUT2D eigenvalue weighted by atomic mass is 9.97. The van der Waals surface area contributed by atoms with Gasteiger partial charge < -0.3 is 10.0 Å². The van der Waals surface area contributed by atoms with E-state index in [1.54, 1.807) is 30.0 Å². The molecule has 1 heterocycles. The van der Waals surface area contributed by atoms with E-state index < -0.39 is 0 Å². The van der Waals surface area contributed by atoms with Crippen molar-refractivity contribution in [3.8, 4) is 5.75 Å². The topological polar surface area (TPSA) is 57.6 Å². The second-order valence-electron chi connectivity index (χ2n) is 4.82. The Kier molecular flexibility index (Phi) is 3.36. The van der Waals surface area contributed by atoms with Gasteiger partial charge in [0, 0.05) is 36.6 Å². The lowest BCUT2D eigenvalue weighted by molar-refractivity contribution is -0.124. The second-order valence-corrected chi connectivity index (χ2v) is 4.82. The van der Waals surface area contributed by atoms with E-state index in [0.717, 1.165) is 0 Å². The van der Waals surface area contributed by atoms with Crippen molar-refractivity contribution in [3.63, 3.8) is 0 Å². The Labute approximate surface area is 106 Å². The zero-order chi connectivity index (χ0) is 13.3. The van der Waals surface area contributed by atoms with Crippen LogP contribution >= 0.6 is 0 Å². The van der Waals surface area contributed by atoms with Gasteiger partial charge in [-0.1, -0.05) is 13.0 Å². The Bertz CT molecular complexity index is 496. The summed E-state index contributed by atoms with van der Waals surface area (Å²) < 4.78 is 0. The Morgan fingerprint density at radius 1 is 1.44 bits per heavy atom. The van der Waals surface area contributed by atoms with Gasteiger partial charge in [0.1, 0.15) is 11.5 Å². The summed E-state index contributed by atoms with van der Waals surface area (Å²) >= 11 is 0. The first kappa shape index (κ1) is 12.6. The summed E-state index contributed by atoms with van der Waals surface area (Å²) in [7, 11) is 0. The van der Waals surface area contributed by atoms with Crippen molar-refractivity contribution in [2.24, 2.45) is 5.92 Å². The molecule has 1 aromatic carbocycles. The molecule has 0 aliphatic carbocycles. The number of likely N-dealkylation sites (tertiary alicyclic amines) is 1. The molecular formula is C14H17NO3. The molecule has 1 amide bonds. The summed E-state index contributed by atoms with van der Waals surface area (Å²) in [6, 6.07) is 4.93.